The highest BCUT2D eigenvalue weighted by Crippen LogP contribution is 2.32. The van der Waals surface area contributed by atoms with Crippen molar-refractivity contribution in [1.29, 1.82) is 0 Å². The van der Waals surface area contributed by atoms with Gasteiger partial charge in [-0.25, -0.2) is 8.42 Å². The van der Waals surface area contributed by atoms with Crippen LogP contribution in [0.4, 0.5) is 0 Å². The summed E-state index contributed by atoms with van der Waals surface area (Å²) in [6, 6.07) is 4.13. The molecule has 1 saturated carbocycles. The molecule has 2 rings (SSSR count). The lowest BCUT2D eigenvalue weighted by Gasteiger charge is -2.21. The summed E-state index contributed by atoms with van der Waals surface area (Å²) >= 11 is 6.09. The standard InChI is InChI=1S/C16H23ClN2O3S/c1-10(2)19(4)23(21,22)13-7-8-15(17)14(9-13)16(20)18-11(3)12-5-6-12/h7-12H,5-6H2,1-4H3,(H,18,20). The Balaban J connectivity index is 2.29. The molecule has 1 atom stereocenters. The Bertz CT molecular complexity index is 699. The quantitative estimate of drug-likeness (QED) is 0.850. The first-order valence-corrected chi connectivity index (χ1v) is 9.55. The van der Waals surface area contributed by atoms with E-state index in [2.05, 4.69) is 5.32 Å². The summed E-state index contributed by atoms with van der Waals surface area (Å²) in [6.45, 7) is 5.54. The number of benzene rings is 1. The second-order valence-electron chi connectivity index (χ2n) is 6.36. The van der Waals surface area contributed by atoms with Gasteiger partial charge in [-0.3, -0.25) is 4.79 Å². The largest absolute Gasteiger partial charge is 0.349 e. The van der Waals surface area contributed by atoms with E-state index in [1.807, 2.05) is 6.92 Å². The van der Waals surface area contributed by atoms with E-state index < -0.39 is 10.0 Å². The molecule has 5 nitrogen and oxygen atoms in total. The lowest BCUT2D eigenvalue weighted by Crippen LogP contribution is -2.35. The second kappa shape index (κ2) is 6.79. The minimum absolute atomic E-state index is 0.0668. The molecular weight excluding hydrogens is 336 g/mol. The predicted molar refractivity (Wildman–Crippen MR) is 91.2 cm³/mol. The third kappa shape index (κ3) is 4.05. The zero-order valence-corrected chi connectivity index (χ0v) is 15.4. The highest BCUT2D eigenvalue weighted by atomic mass is 35.5. The molecule has 0 radical (unpaired) electrons. The maximum atomic E-state index is 12.6. The summed E-state index contributed by atoms with van der Waals surface area (Å²) in [5.74, 6) is 0.176. The molecule has 0 aromatic heterocycles. The van der Waals surface area contributed by atoms with Gasteiger partial charge in [-0.05, 0) is 57.7 Å². The first-order valence-electron chi connectivity index (χ1n) is 7.73. The lowest BCUT2D eigenvalue weighted by atomic mass is 10.1. The van der Waals surface area contributed by atoms with Gasteiger partial charge in [0.15, 0.2) is 0 Å². The molecule has 1 unspecified atom stereocenters. The fourth-order valence-electron chi connectivity index (χ4n) is 2.28. The number of nitrogens with one attached hydrogen (secondary N) is 1. The van der Waals surface area contributed by atoms with Crippen molar-refractivity contribution >= 4 is 27.5 Å². The molecule has 0 saturated heterocycles. The number of nitrogens with zero attached hydrogens (tertiary/aromatic N) is 1. The average Bonchev–Trinajstić information content (AvgIpc) is 3.30. The van der Waals surface area contributed by atoms with Gasteiger partial charge in [0.25, 0.3) is 5.91 Å². The Hall–Kier alpha value is -1.11. The summed E-state index contributed by atoms with van der Waals surface area (Å²) in [7, 11) is -2.13. The van der Waals surface area contributed by atoms with Gasteiger partial charge >= 0.3 is 0 Å². The Kier molecular flexibility index (Phi) is 5.38. The van der Waals surface area contributed by atoms with Crippen molar-refractivity contribution in [1.82, 2.24) is 9.62 Å². The molecule has 1 aliphatic carbocycles. The van der Waals surface area contributed by atoms with Gasteiger partial charge in [0.1, 0.15) is 0 Å². The molecule has 1 fully saturated rings. The van der Waals surface area contributed by atoms with Gasteiger partial charge < -0.3 is 5.32 Å². The van der Waals surface area contributed by atoms with Crippen LogP contribution in [0.2, 0.25) is 5.02 Å². The van der Waals surface area contributed by atoms with Gasteiger partial charge in [-0.15, -0.1) is 0 Å². The second-order valence-corrected chi connectivity index (χ2v) is 8.76. The van der Waals surface area contributed by atoms with E-state index in [0.29, 0.717) is 5.92 Å². The smallest absolute Gasteiger partial charge is 0.253 e. The Morgan fingerprint density at radius 1 is 1.30 bits per heavy atom. The molecule has 1 amide bonds. The third-order valence-corrected chi connectivity index (χ3v) is 6.63. The highest BCUT2D eigenvalue weighted by molar-refractivity contribution is 7.89. The molecule has 0 heterocycles. The number of sulfonamides is 1. The topological polar surface area (TPSA) is 66.5 Å². The van der Waals surface area contributed by atoms with E-state index in [-0.39, 0.29) is 33.5 Å². The maximum Gasteiger partial charge on any atom is 0.253 e. The highest BCUT2D eigenvalue weighted by Gasteiger charge is 2.30. The Labute approximate surface area is 143 Å². The summed E-state index contributed by atoms with van der Waals surface area (Å²) in [4.78, 5) is 12.5. The van der Waals surface area contributed by atoms with Gasteiger partial charge in [-0.1, -0.05) is 11.6 Å². The zero-order chi connectivity index (χ0) is 17.4. The van der Waals surface area contributed by atoms with E-state index in [1.54, 1.807) is 13.8 Å². The lowest BCUT2D eigenvalue weighted by molar-refractivity contribution is 0.0936. The summed E-state index contributed by atoms with van der Waals surface area (Å²) < 4.78 is 26.4. The van der Waals surface area contributed by atoms with Gasteiger partial charge in [-0.2, -0.15) is 4.31 Å². The molecule has 0 bridgehead atoms. The zero-order valence-electron chi connectivity index (χ0n) is 13.8. The van der Waals surface area contributed by atoms with Crippen LogP contribution in [0.15, 0.2) is 23.1 Å². The molecular formula is C16H23ClN2O3S. The fraction of sp³-hybridized carbons (Fsp3) is 0.562. The molecule has 0 aliphatic heterocycles. The van der Waals surface area contributed by atoms with Crippen LogP contribution in [-0.4, -0.2) is 37.8 Å². The Morgan fingerprint density at radius 3 is 2.43 bits per heavy atom. The molecule has 23 heavy (non-hydrogen) atoms. The van der Waals surface area contributed by atoms with Gasteiger partial charge in [0.05, 0.1) is 15.5 Å². The number of carbonyl (C=O) groups is 1. The van der Waals surface area contributed by atoms with Crippen molar-refractivity contribution < 1.29 is 13.2 Å². The number of hydrogen-bond acceptors (Lipinski definition) is 3. The van der Waals surface area contributed by atoms with Crippen molar-refractivity contribution in [2.75, 3.05) is 7.05 Å². The summed E-state index contributed by atoms with van der Waals surface area (Å²) in [5, 5.41) is 3.14. The van der Waals surface area contributed by atoms with Crippen LogP contribution in [0.25, 0.3) is 0 Å². The van der Waals surface area contributed by atoms with Crippen LogP contribution in [0.5, 0.6) is 0 Å². The van der Waals surface area contributed by atoms with Crippen molar-refractivity contribution in [3.05, 3.63) is 28.8 Å². The predicted octanol–water partition coefficient (Wildman–Crippen LogP) is 2.90. The molecule has 0 spiro atoms. The normalized spacial score (nSPS) is 16.7. The minimum atomic E-state index is -3.65. The first kappa shape index (κ1) is 18.2. The number of hydrogen-bond donors (Lipinski definition) is 1. The van der Waals surface area contributed by atoms with Crippen LogP contribution in [0.3, 0.4) is 0 Å². The van der Waals surface area contributed by atoms with E-state index in [0.717, 1.165) is 12.8 Å². The Morgan fingerprint density at radius 2 is 1.91 bits per heavy atom. The van der Waals surface area contributed by atoms with Crippen molar-refractivity contribution in [2.24, 2.45) is 5.92 Å². The van der Waals surface area contributed by atoms with Crippen molar-refractivity contribution in [3.63, 3.8) is 0 Å². The molecule has 1 N–H and O–H groups in total. The monoisotopic (exact) mass is 358 g/mol. The summed E-state index contributed by atoms with van der Waals surface area (Å²) in [6.07, 6.45) is 2.23. The SMILES string of the molecule is CC(NC(=O)c1cc(S(=O)(=O)N(C)C(C)C)ccc1Cl)C1CC1. The van der Waals surface area contributed by atoms with E-state index in [9.17, 15) is 13.2 Å². The fourth-order valence-corrected chi connectivity index (χ4v) is 3.88. The third-order valence-electron chi connectivity index (χ3n) is 4.27. The van der Waals surface area contributed by atoms with Gasteiger partial charge in [0.2, 0.25) is 10.0 Å². The van der Waals surface area contributed by atoms with Crippen molar-refractivity contribution in [2.45, 2.75) is 50.6 Å². The van der Waals surface area contributed by atoms with Crippen LogP contribution in [0, 0.1) is 5.92 Å². The first-order chi connectivity index (χ1) is 10.6. The van der Waals surface area contributed by atoms with Crippen LogP contribution < -0.4 is 5.32 Å². The summed E-state index contributed by atoms with van der Waals surface area (Å²) in [5.41, 5.74) is 0.192. The number of carbonyl (C=O) groups excluding carboxylic acids is 1. The molecule has 1 aliphatic rings. The molecule has 7 heteroatoms. The molecule has 1 aromatic rings. The minimum Gasteiger partial charge on any atom is -0.349 e. The average molecular weight is 359 g/mol. The van der Waals surface area contributed by atoms with Crippen LogP contribution >= 0.6 is 11.6 Å². The van der Waals surface area contributed by atoms with E-state index in [1.165, 1.54) is 29.6 Å². The van der Waals surface area contributed by atoms with E-state index in [4.69, 9.17) is 11.6 Å². The van der Waals surface area contributed by atoms with Crippen LogP contribution in [-0.2, 0) is 10.0 Å². The van der Waals surface area contributed by atoms with Crippen molar-refractivity contribution in [3.8, 4) is 0 Å². The van der Waals surface area contributed by atoms with Crippen LogP contribution in [0.1, 0.15) is 44.0 Å². The number of halogens is 1. The van der Waals surface area contributed by atoms with Gasteiger partial charge in [0, 0.05) is 19.1 Å². The number of rotatable bonds is 6. The molecule has 128 valence electrons. The maximum absolute atomic E-state index is 12.6. The number of amides is 1. The molecule has 1 aromatic carbocycles. The van der Waals surface area contributed by atoms with E-state index >= 15 is 0 Å².